The Labute approximate surface area is 91.4 Å². The van der Waals surface area contributed by atoms with Gasteiger partial charge < -0.3 is 14.6 Å². The lowest BCUT2D eigenvalue weighted by molar-refractivity contribution is 0.0994. The quantitative estimate of drug-likeness (QED) is 0.803. The normalized spacial score (nSPS) is 10.3. The molecular weight excluding hydrogens is 210 g/mol. The van der Waals surface area contributed by atoms with Crippen molar-refractivity contribution in [2.24, 2.45) is 5.73 Å². The van der Waals surface area contributed by atoms with Crippen LogP contribution in [0.25, 0.3) is 0 Å². The molecule has 0 saturated heterocycles. The lowest BCUT2D eigenvalue weighted by Crippen LogP contribution is -2.11. The highest BCUT2D eigenvalue weighted by atomic mass is 16.4. The highest BCUT2D eigenvalue weighted by molar-refractivity contribution is 6.00. The number of aromatic nitrogens is 1. The third-order valence-electron chi connectivity index (χ3n) is 1.92. The number of carbonyl (C=O) groups is 1. The van der Waals surface area contributed by atoms with Crippen LogP contribution in [-0.2, 0) is 6.42 Å². The molecule has 0 fully saturated rings. The van der Waals surface area contributed by atoms with Gasteiger partial charge in [0.25, 0.3) is 5.91 Å². The Hall–Kier alpha value is -2.08. The fourth-order valence-electron chi connectivity index (χ4n) is 1.19. The molecule has 6 heteroatoms. The number of amides is 1. The van der Waals surface area contributed by atoms with Gasteiger partial charge in [-0.1, -0.05) is 0 Å². The van der Waals surface area contributed by atoms with Gasteiger partial charge in [-0.15, -0.1) is 0 Å². The minimum atomic E-state index is -0.397. The molecule has 0 saturated carbocycles. The molecule has 2 heterocycles. The molecule has 0 aromatic carbocycles. The molecule has 1 amide bonds. The maximum absolute atomic E-state index is 11.5. The van der Waals surface area contributed by atoms with E-state index >= 15 is 0 Å². The van der Waals surface area contributed by atoms with Gasteiger partial charge in [-0.3, -0.25) is 10.1 Å². The minimum absolute atomic E-state index is 0.143. The van der Waals surface area contributed by atoms with E-state index in [1.165, 1.54) is 12.5 Å². The van der Waals surface area contributed by atoms with Crippen LogP contribution in [0.15, 0.2) is 33.5 Å². The van der Waals surface area contributed by atoms with Gasteiger partial charge in [0.2, 0.25) is 0 Å². The fraction of sp³-hybridized carbons (Fsp3) is 0.200. The first kappa shape index (κ1) is 10.4. The molecule has 0 aliphatic rings. The smallest absolute Gasteiger partial charge is 0.301 e. The van der Waals surface area contributed by atoms with Crippen molar-refractivity contribution in [2.75, 3.05) is 11.9 Å². The number of oxazole rings is 1. The Bertz CT molecular complexity index is 461. The summed E-state index contributed by atoms with van der Waals surface area (Å²) in [5.74, 6) is -0.190. The third kappa shape index (κ3) is 2.29. The van der Waals surface area contributed by atoms with E-state index in [-0.39, 0.29) is 11.8 Å². The second kappa shape index (κ2) is 4.63. The molecule has 0 spiro atoms. The molecule has 2 aromatic heterocycles. The van der Waals surface area contributed by atoms with Crippen molar-refractivity contribution < 1.29 is 13.6 Å². The van der Waals surface area contributed by atoms with Crippen molar-refractivity contribution >= 4 is 11.9 Å². The fourth-order valence-corrected chi connectivity index (χ4v) is 1.19. The molecule has 0 atom stereocenters. The van der Waals surface area contributed by atoms with Gasteiger partial charge in [0, 0.05) is 6.42 Å². The van der Waals surface area contributed by atoms with Gasteiger partial charge in [-0.25, -0.2) is 0 Å². The lowest BCUT2D eigenvalue weighted by Gasteiger charge is -1.95. The summed E-state index contributed by atoms with van der Waals surface area (Å²) in [6.07, 6.45) is 3.50. The second-order valence-corrected chi connectivity index (χ2v) is 3.11. The zero-order chi connectivity index (χ0) is 11.4. The van der Waals surface area contributed by atoms with E-state index in [9.17, 15) is 4.79 Å². The summed E-state index contributed by atoms with van der Waals surface area (Å²) in [7, 11) is 0. The van der Waals surface area contributed by atoms with Gasteiger partial charge in [0.05, 0.1) is 12.0 Å². The lowest BCUT2D eigenvalue weighted by atomic mass is 10.3. The number of hydrogen-bond acceptors (Lipinski definition) is 5. The maximum atomic E-state index is 11.5. The van der Waals surface area contributed by atoms with E-state index in [4.69, 9.17) is 14.6 Å². The van der Waals surface area contributed by atoms with E-state index < -0.39 is 5.91 Å². The highest BCUT2D eigenvalue weighted by Crippen LogP contribution is 2.10. The predicted molar refractivity (Wildman–Crippen MR) is 55.9 cm³/mol. The summed E-state index contributed by atoms with van der Waals surface area (Å²) in [6, 6.07) is 3.33. The summed E-state index contributed by atoms with van der Waals surface area (Å²) in [6.45, 7) is 0.484. The van der Waals surface area contributed by atoms with Gasteiger partial charge in [-0.05, 0) is 18.7 Å². The van der Waals surface area contributed by atoms with Gasteiger partial charge in [0.15, 0.2) is 5.76 Å². The topological polar surface area (TPSA) is 94.3 Å². The monoisotopic (exact) mass is 221 g/mol. The first-order valence-corrected chi connectivity index (χ1v) is 4.79. The average Bonchev–Trinajstić information content (AvgIpc) is 2.89. The molecule has 2 aromatic rings. The average molecular weight is 221 g/mol. The number of furan rings is 1. The third-order valence-corrected chi connectivity index (χ3v) is 1.92. The van der Waals surface area contributed by atoms with Crippen molar-refractivity contribution in [1.29, 1.82) is 0 Å². The molecule has 16 heavy (non-hydrogen) atoms. The summed E-state index contributed by atoms with van der Waals surface area (Å²) in [4.78, 5) is 15.5. The Morgan fingerprint density at radius 2 is 2.38 bits per heavy atom. The van der Waals surface area contributed by atoms with Crippen LogP contribution < -0.4 is 11.1 Å². The van der Waals surface area contributed by atoms with Gasteiger partial charge in [-0.2, -0.15) is 4.98 Å². The van der Waals surface area contributed by atoms with Crippen LogP contribution in [0.2, 0.25) is 0 Å². The molecule has 0 aliphatic heterocycles. The number of hydrogen-bond donors (Lipinski definition) is 2. The van der Waals surface area contributed by atoms with Crippen molar-refractivity contribution in [3.05, 3.63) is 36.1 Å². The minimum Gasteiger partial charge on any atom is -0.459 e. The zero-order valence-electron chi connectivity index (χ0n) is 8.47. The van der Waals surface area contributed by atoms with Crippen molar-refractivity contribution in [2.45, 2.75) is 6.42 Å². The van der Waals surface area contributed by atoms with E-state index in [2.05, 4.69) is 10.3 Å². The van der Waals surface area contributed by atoms with Gasteiger partial charge >= 0.3 is 6.01 Å². The Morgan fingerprint density at radius 1 is 1.50 bits per heavy atom. The molecule has 0 unspecified atom stereocenters. The molecule has 2 rings (SSSR count). The SMILES string of the molecule is NCCc1coc(NC(=O)c2ccco2)n1. The zero-order valence-corrected chi connectivity index (χ0v) is 8.47. The van der Waals surface area contributed by atoms with Crippen molar-refractivity contribution in [3.63, 3.8) is 0 Å². The Morgan fingerprint density at radius 3 is 3.06 bits per heavy atom. The van der Waals surface area contributed by atoms with Crippen LogP contribution in [0.3, 0.4) is 0 Å². The van der Waals surface area contributed by atoms with E-state index in [1.54, 1.807) is 12.1 Å². The number of nitrogens with zero attached hydrogens (tertiary/aromatic N) is 1. The first-order valence-electron chi connectivity index (χ1n) is 4.79. The summed E-state index contributed by atoms with van der Waals surface area (Å²) < 4.78 is 9.97. The second-order valence-electron chi connectivity index (χ2n) is 3.11. The summed E-state index contributed by atoms with van der Waals surface area (Å²) in [5.41, 5.74) is 6.07. The number of nitrogens with two attached hydrogens (primary N) is 1. The van der Waals surface area contributed by atoms with Crippen LogP contribution in [0.1, 0.15) is 16.2 Å². The van der Waals surface area contributed by atoms with Crippen LogP contribution in [-0.4, -0.2) is 17.4 Å². The van der Waals surface area contributed by atoms with Crippen LogP contribution >= 0.6 is 0 Å². The summed E-state index contributed by atoms with van der Waals surface area (Å²) >= 11 is 0. The molecule has 0 bridgehead atoms. The van der Waals surface area contributed by atoms with Crippen LogP contribution in [0, 0.1) is 0 Å². The highest BCUT2D eigenvalue weighted by Gasteiger charge is 2.12. The van der Waals surface area contributed by atoms with Crippen molar-refractivity contribution in [3.8, 4) is 0 Å². The predicted octanol–water partition coefficient (Wildman–Crippen LogP) is 1.02. The number of anilines is 1. The van der Waals surface area contributed by atoms with Gasteiger partial charge in [0.1, 0.15) is 6.26 Å². The molecule has 0 aliphatic carbocycles. The standard InChI is InChI=1S/C10H11N3O3/c11-4-3-7-6-16-10(12-7)13-9(14)8-2-1-5-15-8/h1-2,5-6H,3-4,11H2,(H,12,13,14). The molecule has 0 radical (unpaired) electrons. The molecular formula is C10H11N3O3. The van der Waals surface area contributed by atoms with E-state index in [0.29, 0.717) is 18.7 Å². The molecule has 6 nitrogen and oxygen atoms in total. The van der Waals surface area contributed by atoms with E-state index in [1.807, 2.05) is 0 Å². The van der Waals surface area contributed by atoms with Crippen LogP contribution in [0.5, 0.6) is 0 Å². The number of rotatable bonds is 4. The number of carbonyl (C=O) groups excluding carboxylic acids is 1. The van der Waals surface area contributed by atoms with E-state index in [0.717, 1.165) is 0 Å². The largest absolute Gasteiger partial charge is 0.459 e. The van der Waals surface area contributed by atoms with Crippen LogP contribution in [0.4, 0.5) is 6.01 Å². The molecule has 84 valence electrons. The first-order chi connectivity index (χ1) is 7.79. The summed E-state index contributed by atoms with van der Waals surface area (Å²) in [5, 5.41) is 2.47. The molecule has 3 N–H and O–H groups in total. The van der Waals surface area contributed by atoms with Crippen molar-refractivity contribution in [1.82, 2.24) is 4.98 Å². The Balaban J connectivity index is 2.01. The number of nitrogens with one attached hydrogen (secondary N) is 1. The Kier molecular flexibility index (Phi) is 3.02. The maximum Gasteiger partial charge on any atom is 0.301 e.